The summed E-state index contributed by atoms with van der Waals surface area (Å²) in [6, 6.07) is 12.4. The third-order valence-electron chi connectivity index (χ3n) is 4.49. The number of nitrogens with one attached hydrogen (secondary N) is 1. The van der Waals surface area contributed by atoms with Gasteiger partial charge in [-0.15, -0.1) is 0 Å². The zero-order valence-corrected chi connectivity index (χ0v) is 19.4. The van der Waals surface area contributed by atoms with Crippen LogP contribution in [-0.2, 0) is 9.53 Å². The van der Waals surface area contributed by atoms with Gasteiger partial charge in [0.05, 0.1) is 43.3 Å². The molecule has 0 bridgehead atoms. The highest BCUT2D eigenvalue weighted by Crippen LogP contribution is 2.29. The number of para-hydroxylation sites is 1. The highest BCUT2D eigenvalue weighted by molar-refractivity contribution is 6.32. The Morgan fingerprint density at radius 3 is 2.50 bits per heavy atom. The zero-order valence-electron chi connectivity index (χ0n) is 18.7. The van der Waals surface area contributed by atoms with E-state index in [1.807, 2.05) is 0 Å². The first kappa shape index (κ1) is 24.6. The van der Waals surface area contributed by atoms with Gasteiger partial charge in [0.1, 0.15) is 11.5 Å². The Bertz CT molecular complexity index is 1260. The van der Waals surface area contributed by atoms with E-state index in [0.717, 1.165) is 10.7 Å². The van der Waals surface area contributed by atoms with Crippen LogP contribution in [0.5, 0.6) is 17.2 Å². The number of hydrogen-bond acceptors (Lipinski definition) is 8. The van der Waals surface area contributed by atoms with Crippen molar-refractivity contribution >= 4 is 29.2 Å². The minimum atomic E-state index is -0.824. The molecule has 1 heterocycles. The molecule has 0 aliphatic rings. The fourth-order valence-corrected chi connectivity index (χ4v) is 3.13. The Kier molecular flexibility index (Phi) is 8.10. The molecule has 1 N–H and O–H groups in total. The Morgan fingerprint density at radius 1 is 1.06 bits per heavy atom. The maximum atomic E-state index is 12.7. The Hall–Kier alpha value is -4.05. The van der Waals surface area contributed by atoms with E-state index in [1.54, 1.807) is 49.4 Å². The van der Waals surface area contributed by atoms with Gasteiger partial charge in [0, 0.05) is 6.07 Å². The number of esters is 1. The fourth-order valence-electron chi connectivity index (χ4n) is 2.92. The number of ether oxygens (including phenoxy) is 4. The number of aromatic nitrogens is 2. The number of carbonyl (C=O) groups is 2. The minimum absolute atomic E-state index is 0.0723. The summed E-state index contributed by atoms with van der Waals surface area (Å²) < 4.78 is 21.8. The molecule has 1 amide bonds. The van der Waals surface area contributed by atoms with Gasteiger partial charge in [-0.25, -0.2) is 4.79 Å². The molecule has 0 aliphatic carbocycles. The lowest BCUT2D eigenvalue weighted by molar-refractivity contribution is -0.118. The van der Waals surface area contributed by atoms with Crippen molar-refractivity contribution in [2.45, 2.75) is 6.92 Å². The first-order valence-corrected chi connectivity index (χ1v) is 10.5. The summed E-state index contributed by atoms with van der Waals surface area (Å²) >= 11 is 6.17. The monoisotopic (exact) mass is 487 g/mol. The van der Waals surface area contributed by atoms with Crippen LogP contribution in [0.15, 0.2) is 53.3 Å². The highest BCUT2D eigenvalue weighted by Gasteiger charge is 2.21. The second kappa shape index (κ2) is 11.2. The largest absolute Gasteiger partial charge is 0.497 e. The van der Waals surface area contributed by atoms with E-state index in [0.29, 0.717) is 17.2 Å². The van der Waals surface area contributed by atoms with Crippen molar-refractivity contribution in [1.29, 1.82) is 0 Å². The van der Waals surface area contributed by atoms with E-state index in [2.05, 4.69) is 10.4 Å². The van der Waals surface area contributed by atoms with Crippen molar-refractivity contribution in [2.75, 3.05) is 32.8 Å². The summed E-state index contributed by atoms with van der Waals surface area (Å²) in [7, 11) is 2.96. The molecule has 34 heavy (non-hydrogen) atoms. The number of anilines is 1. The Balaban J connectivity index is 1.85. The summed E-state index contributed by atoms with van der Waals surface area (Å²) in [4.78, 5) is 37.6. The van der Waals surface area contributed by atoms with Crippen molar-refractivity contribution in [1.82, 2.24) is 9.78 Å². The summed E-state index contributed by atoms with van der Waals surface area (Å²) in [5, 5.41) is 6.98. The second-order valence-electron chi connectivity index (χ2n) is 6.68. The van der Waals surface area contributed by atoms with Crippen LogP contribution in [-0.4, -0.2) is 49.1 Å². The SMILES string of the molecule is CCOC(=O)c1nn(-c2ccccc2Cl)c(=O)cc1OCC(=O)Nc1ccc(OC)cc1OC. The molecule has 3 rings (SSSR count). The van der Waals surface area contributed by atoms with Gasteiger partial charge in [-0.05, 0) is 31.2 Å². The van der Waals surface area contributed by atoms with Crippen molar-refractivity contribution in [3.8, 4) is 22.9 Å². The molecule has 2 aromatic carbocycles. The van der Waals surface area contributed by atoms with Gasteiger partial charge >= 0.3 is 5.97 Å². The lowest BCUT2D eigenvalue weighted by atomic mass is 10.2. The van der Waals surface area contributed by atoms with E-state index >= 15 is 0 Å². The molecule has 0 atom stereocenters. The van der Waals surface area contributed by atoms with Crippen molar-refractivity contribution < 1.29 is 28.5 Å². The van der Waals surface area contributed by atoms with Crippen molar-refractivity contribution in [3.63, 3.8) is 0 Å². The molecular formula is C23H22ClN3O7. The van der Waals surface area contributed by atoms with Crippen LogP contribution in [0.3, 0.4) is 0 Å². The first-order valence-electron chi connectivity index (χ1n) is 10.1. The average Bonchev–Trinajstić information content (AvgIpc) is 2.83. The molecule has 1 aromatic heterocycles. The smallest absolute Gasteiger partial charge is 0.362 e. The van der Waals surface area contributed by atoms with Crippen LogP contribution < -0.4 is 25.1 Å². The van der Waals surface area contributed by atoms with Gasteiger partial charge in [0.25, 0.3) is 11.5 Å². The minimum Gasteiger partial charge on any atom is -0.497 e. The fraction of sp³-hybridized carbons (Fsp3) is 0.217. The molecule has 0 radical (unpaired) electrons. The van der Waals surface area contributed by atoms with Crippen molar-refractivity contribution in [2.24, 2.45) is 0 Å². The number of halogens is 1. The average molecular weight is 488 g/mol. The summed E-state index contributed by atoms with van der Waals surface area (Å²) in [5.74, 6) is -0.660. The number of rotatable bonds is 9. The van der Waals surface area contributed by atoms with Gasteiger partial charge in [-0.1, -0.05) is 23.7 Å². The van der Waals surface area contributed by atoms with Crippen molar-refractivity contribution in [3.05, 3.63) is 69.6 Å². The standard InChI is InChI=1S/C23H22ClN3O7/c1-4-33-23(30)22-19(12-21(29)27(26-22)17-8-6-5-7-15(17)24)34-13-20(28)25-16-10-9-14(31-2)11-18(16)32-3/h5-12H,4,13H2,1-3H3,(H,25,28). The molecule has 3 aromatic rings. The number of benzene rings is 2. The number of hydrogen-bond donors (Lipinski definition) is 1. The van der Waals surface area contributed by atoms with Crippen LogP contribution in [0.4, 0.5) is 5.69 Å². The van der Waals surface area contributed by atoms with Gasteiger partial charge in [-0.2, -0.15) is 9.78 Å². The van der Waals surface area contributed by atoms with Gasteiger partial charge in [0.15, 0.2) is 12.4 Å². The third-order valence-corrected chi connectivity index (χ3v) is 4.81. The number of carbonyl (C=O) groups excluding carboxylic acids is 2. The molecule has 0 aliphatic heterocycles. The predicted molar refractivity (Wildman–Crippen MR) is 124 cm³/mol. The first-order chi connectivity index (χ1) is 16.4. The summed E-state index contributed by atoms with van der Waals surface area (Å²) in [6.07, 6.45) is 0. The molecule has 0 saturated carbocycles. The van der Waals surface area contributed by atoms with Gasteiger partial charge < -0.3 is 24.3 Å². The van der Waals surface area contributed by atoms with E-state index < -0.39 is 24.0 Å². The molecular weight excluding hydrogens is 466 g/mol. The molecule has 11 heteroatoms. The summed E-state index contributed by atoms with van der Waals surface area (Å²) in [6.45, 7) is 1.18. The lowest BCUT2D eigenvalue weighted by Gasteiger charge is -2.14. The molecule has 0 unspecified atom stereocenters. The van der Waals surface area contributed by atoms with Crippen LogP contribution >= 0.6 is 11.6 Å². The molecule has 10 nitrogen and oxygen atoms in total. The number of amides is 1. The highest BCUT2D eigenvalue weighted by atomic mass is 35.5. The van der Waals surface area contributed by atoms with E-state index in [9.17, 15) is 14.4 Å². The van der Waals surface area contributed by atoms with Crippen LogP contribution in [0.1, 0.15) is 17.4 Å². The van der Waals surface area contributed by atoms with Gasteiger partial charge in [-0.3, -0.25) is 9.59 Å². The normalized spacial score (nSPS) is 10.4. The molecule has 178 valence electrons. The van der Waals surface area contributed by atoms with Crippen LogP contribution in [0, 0.1) is 0 Å². The molecule has 0 saturated heterocycles. The third kappa shape index (κ3) is 5.65. The zero-order chi connectivity index (χ0) is 24.7. The van der Waals surface area contributed by atoms with E-state index in [4.69, 9.17) is 30.5 Å². The number of nitrogens with zero attached hydrogens (tertiary/aromatic N) is 2. The van der Waals surface area contributed by atoms with E-state index in [1.165, 1.54) is 14.2 Å². The van der Waals surface area contributed by atoms with Crippen LogP contribution in [0.2, 0.25) is 5.02 Å². The maximum absolute atomic E-state index is 12.7. The summed E-state index contributed by atoms with van der Waals surface area (Å²) in [5.41, 5.74) is -0.241. The lowest BCUT2D eigenvalue weighted by Crippen LogP contribution is -2.27. The predicted octanol–water partition coefficient (Wildman–Crippen LogP) is 3.10. The van der Waals surface area contributed by atoms with E-state index in [-0.39, 0.29) is 28.8 Å². The van der Waals surface area contributed by atoms with Gasteiger partial charge in [0.2, 0.25) is 5.69 Å². The van der Waals surface area contributed by atoms with Crippen LogP contribution in [0.25, 0.3) is 5.69 Å². The number of methoxy groups -OCH3 is 2. The Morgan fingerprint density at radius 2 is 1.82 bits per heavy atom. The second-order valence-corrected chi connectivity index (χ2v) is 7.09. The molecule has 0 spiro atoms. The Labute approximate surface area is 200 Å². The molecule has 0 fully saturated rings. The topological polar surface area (TPSA) is 118 Å². The quantitative estimate of drug-likeness (QED) is 0.457. The maximum Gasteiger partial charge on any atom is 0.362 e.